The number of nitrogens with one attached hydrogen (secondary N) is 1. The Morgan fingerprint density at radius 1 is 1.38 bits per heavy atom. The molecule has 0 amide bonds. The molecule has 0 aromatic heterocycles. The van der Waals surface area contributed by atoms with Crippen LogP contribution in [-0.2, 0) is 10.8 Å². The fourth-order valence-corrected chi connectivity index (χ4v) is 3.59. The number of hydrogen-bond acceptors (Lipinski definition) is 3. The summed E-state index contributed by atoms with van der Waals surface area (Å²) in [6.07, 6.45) is 7.05. The lowest BCUT2D eigenvalue weighted by Crippen LogP contribution is -2.50. The van der Waals surface area contributed by atoms with Crippen molar-refractivity contribution < 1.29 is 4.21 Å². The van der Waals surface area contributed by atoms with Crippen LogP contribution in [0.4, 0.5) is 0 Å². The van der Waals surface area contributed by atoms with Crippen LogP contribution in [0.2, 0.25) is 0 Å². The van der Waals surface area contributed by atoms with Crippen LogP contribution in [0, 0.1) is 0 Å². The van der Waals surface area contributed by atoms with Gasteiger partial charge in [-0.1, -0.05) is 0 Å². The SMILES string of the molecule is CNC1CC2CCC(C1)N2CC(C)S(C)=O. The van der Waals surface area contributed by atoms with Crippen molar-refractivity contribution in [2.75, 3.05) is 19.8 Å². The minimum absolute atomic E-state index is 0.314. The first-order valence-electron chi connectivity index (χ1n) is 6.37. The second-order valence-electron chi connectivity index (χ2n) is 5.35. The Labute approximate surface area is 101 Å². The summed E-state index contributed by atoms with van der Waals surface area (Å²) in [4.78, 5) is 2.62. The zero-order valence-electron chi connectivity index (χ0n) is 10.6. The highest BCUT2D eigenvalue weighted by molar-refractivity contribution is 7.84. The summed E-state index contributed by atoms with van der Waals surface area (Å²) in [7, 11) is 1.39. The van der Waals surface area contributed by atoms with E-state index in [9.17, 15) is 4.21 Å². The van der Waals surface area contributed by atoms with E-state index in [0.29, 0.717) is 11.3 Å². The van der Waals surface area contributed by atoms with Crippen molar-refractivity contribution in [1.29, 1.82) is 0 Å². The third-order valence-electron chi connectivity index (χ3n) is 4.33. The van der Waals surface area contributed by atoms with Gasteiger partial charge in [0.25, 0.3) is 0 Å². The number of piperidine rings is 1. The van der Waals surface area contributed by atoms with Gasteiger partial charge in [-0.3, -0.25) is 9.11 Å². The smallest absolute Gasteiger partial charge is 0.0444 e. The van der Waals surface area contributed by atoms with Crippen LogP contribution in [0.5, 0.6) is 0 Å². The van der Waals surface area contributed by atoms with E-state index in [-0.39, 0.29) is 0 Å². The van der Waals surface area contributed by atoms with E-state index in [1.165, 1.54) is 25.7 Å². The fourth-order valence-electron chi connectivity index (χ4n) is 3.21. The second-order valence-corrected chi connectivity index (χ2v) is 7.15. The Morgan fingerprint density at radius 2 is 1.94 bits per heavy atom. The molecule has 0 aromatic rings. The van der Waals surface area contributed by atoms with Crippen molar-refractivity contribution in [2.24, 2.45) is 0 Å². The third-order valence-corrected chi connectivity index (χ3v) is 5.61. The minimum atomic E-state index is -0.682. The van der Waals surface area contributed by atoms with Gasteiger partial charge >= 0.3 is 0 Å². The summed E-state index contributed by atoms with van der Waals surface area (Å²) in [5.41, 5.74) is 0. The highest BCUT2D eigenvalue weighted by atomic mass is 32.2. The van der Waals surface area contributed by atoms with Gasteiger partial charge in [-0.05, 0) is 39.7 Å². The molecule has 16 heavy (non-hydrogen) atoms. The van der Waals surface area contributed by atoms with Crippen LogP contribution in [0.3, 0.4) is 0 Å². The summed E-state index contributed by atoms with van der Waals surface area (Å²) in [6.45, 7) is 3.13. The van der Waals surface area contributed by atoms with E-state index in [4.69, 9.17) is 0 Å². The van der Waals surface area contributed by atoms with Crippen molar-refractivity contribution in [2.45, 2.75) is 56.0 Å². The van der Waals surface area contributed by atoms with Gasteiger partial charge in [-0.2, -0.15) is 0 Å². The maximum atomic E-state index is 11.4. The molecular weight excluding hydrogens is 220 g/mol. The molecule has 2 rings (SSSR count). The highest BCUT2D eigenvalue weighted by Crippen LogP contribution is 2.35. The number of nitrogens with zero attached hydrogens (tertiary/aromatic N) is 1. The largest absolute Gasteiger partial charge is 0.317 e. The normalized spacial score (nSPS) is 38.6. The van der Waals surface area contributed by atoms with Gasteiger partial charge in [0.2, 0.25) is 0 Å². The zero-order valence-corrected chi connectivity index (χ0v) is 11.4. The third kappa shape index (κ3) is 2.49. The average Bonchev–Trinajstić information content (AvgIpc) is 2.51. The summed E-state index contributed by atoms with van der Waals surface area (Å²) < 4.78 is 11.4. The molecule has 4 heteroatoms. The van der Waals surface area contributed by atoms with Crippen molar-refractivity contribution in [3.05, 3.63) is 0 Å². The zero-order chi connectivity index (χ0) is 11.7. The maximum Gasteiger partial charge on any atom is 0.0444 e. The molecule has 0 aromatic carbocycles. The maximum absolute atomic E-state index is 11.4. The van der Waals surface area contributed by atoms with Crippen molar-refractivity contribution in [3.8, 4) is 0 Å². The summed E-state index contributed by atoms with van der Waals surface area (Å²) >= 11 is 0. The lowest BCUT2D eigenvalue weighted by atomic mass is 9.97. The molecule has 2 heterocycles. The first-order chi connectivity index (χ1) is 7.61. The topological polar surface area (TPSA) is 32.3 Å². The van der Waals surface area contributed by atoms with Gasteiger partial charge in [-0.15, -0.1) is 0 Å². The molecule has 0 radical (unpaired) electrons. The second kappa shape index (κ2) is 5.15. The molecule has 1 N–H and O–H groups in total. The van der Waals surface area contributed by atoms with Crippen molar-refractivity contribution in [1.82, 2.24) is 10.2 Å². The van der Waals surface area contributed by atoms with Gasteiger partial charge in [0.1, 0.15) is 0 Å². The molecule has 2 bridgehead atoms. The summed E-state index contributed by atoms with van der Waals surface area (Å²) in [5, 5.41) is 3.73. The van der Waals surface area contributed by atoms with Gasteiger partial charge in [0.15, 0.2) is 0 Å². The molecule has 2 aliphatic rings. The van der Waals surface area contributed by atoms with Gasteiger partial charge in [0, 0.05) is 47.0 Å². The highest BCUT2D eigenvalue weighted by Gasteiger charge is 2.40. The Hall–Kier alpha value is 0.0700. The molecule has 2 aliphatic heterocycles. The molecule has 2 saturated heterocycles. The van der Waals surface area contributed by atoms with Gasteiger partial charge in [0.05, 0.1) is 0 Å². The van der Waals surface area contributed by atoms with E-state index >= 15 is 0 Å². The van der Waals surface area contributed by atoms with E-state index in [0.717, 1.165) is 18.6 Å². The van der Waals surface area contributed by atoms with Crippen molar-refractivity contribution in [3.63, 3.8) is 0 Å². The Balaban J connectivity index is 1.95. The average molecular weight is 244 g/mol. The fraction of sp³-hybridized carbons (Fsp3) is 1.00. The molecule has 2 fully saturated rings. The van der Waals surface area contributed by atoms with Crippen LogP contribution >= 0.6 is 0 Å². The molecule has 3 nitrogen and oxygen atoms in total. The van der Waals surface area contributed by atoms with E-state index in [1.807, 2.05) is 6.26 Å². The monoisotopic (exact) mass is 244 g/mol. The van der Waals surface area contributed by atoms with E-state index in [2.05, 4.69) is 24.2 Å². The summed E-state index contributed by atoms with van der Waals surface area (Å²) in [6, 6.07) is 2.18. The van der Waals surface area contributed by atoms with Gasteiger partial charge in [-0.25, -0.2) is 0 Å². The Bertz CT molecular complexity index is 258. The predicted molar refractivity (Wildman–Crippen MR) is 69.1 cm³/mol. The lowest BCUT2D eigenvalue weighted by molar-refractivity contribution is 0.121. The van der Waals surface area contributed by atoms with E-state index in [1.54, 1.807) is 0 Å². The van der Waals surface area contributed by atoms with Gasteiger partial charge < -0.3 is 5.32 Å². The molecule has 4 unspecified atom stereocenters. The summed E-state index contributed by atoms with van der Waals surface area (Å²) in [5.74, 6) is 0. The predicted octanol–water partition coefficient (Wildman–Crippen LogP) is 0.968. The number of rotatable bonds is 4. The number of hydrogen-bond donors (Lipinski definition) is 1. The minimum Gasteiger partial charge on any atom is -0.317 e. The standard InChI is InChI=1S/C12H24N2OS/c1-9(16(3)15)8-14-11-4-5-12(14)7-10(6-11)13-2/h9-13H,4-8H2,1-3H3. The Morgan fingerprint density at radius 3 is 2.38 bits per heavy atom. The van der Waals surface area contributed by atoms with Crippen molar-refractivity contribution >= 4 is 10.8 Å². The van der Waals surface area contributed by atoms with Crippen LogP contribution < -0.4 is 5.32 Å². The van der Waals surface area contributed by atoms with Crippen LogP contribution in [0.1, 0.15) is 32.6 Å². The lowest BCUT2D eigenvalue weighted by Gasteiger charge is -2.39. The molecule has 0 saturated carbocycles. The Kier molecular flexibility index (Phi) is 4.03. The first-order valence-corrected chi connectivity index (χ1v) is 7.99. The molecule has 0 spiro atoms. The van der Waals surface area contributed by atoms with Crippen LogP contribution in [-0.4, -0.2) is 52.3 Å². The van der Waals surface area contributed by atoms with E-state index < -0.39 is 10.8 Å². The number of fused-ring (bicyclic) bond motifs is 2. The van der Waals surface area contributed by atoms with Crippen LogP contribution in [0.25, 0.3) is 0 Å². The van der Waals surface area contributed by atoms with Crippen LogP contribution in [0.15, 0.2) is 0 Å². The molecular formula is C12H24N2OS. The quantitative estimate of drug-likeness (QED) is 0.800. The molecule has 94 valence electrons. The first kappa shape index (κ1) is 12.5. The molecule has 4 atom stereocenters. The molecule has 0 aliphatic carbocycles.